The fourth-order valence-corrected chi connectivity index (χ4v) is 3.57. The number of likely N-dealkylation sites (tertiary alicyclic amines) is 1. The predicted octanol–water partition coefficient (Wildman–Crippen LogP) is 2.31. The first-order chi connectivity index (χ1) is 11.7. The molecule has 0 N–H and O–H groups in total. The molecule has 0 radical (unpaired) electrons. The van der Waals surface area contributed by atoms with E-state index in [9.17, 15) is 4.79 Å². The zero-order chi connectivity index (χ0) is 16.4. The lowest BCUT2D eigenvalue weighted by Crippen LogP contribution is -2.47. The lowest BCUT2D eigenvalue weighted by molar-refractivity contribution is -0.137. The molecule has 2 saturated heterocycles. The molecule has 1 atom stereocenters. The monoisotopic (exact) mass is 327 g/mol. The summed E-state index contributed by atoms with van der Waals surface area (Å²) < 4.78 is 10.9. The van der Waals surface area contributed by atoms with Crippen molar-refractivity contribution in [2.24, 2.45) is 5.41 Å². The molecular formula is C18H21N3O3. The average Bonchev–Trinajstić information content (AvgIpc) is 3.27. The van der Waals surface area contributed by atoms with Crippen LogP contribution in [0.4, 0.5) is 0 Å². The van der Waals surface area contributed by atoms with E-state index in [2.05, 4.69) is 10.1 Å². The Labute approximate surface area is 140 Å². The second-order valence-corrected chi connectivity index (χ2v) is 6.75. The van der Waals surface area contributed by atoms with Crippen LogP contribution >= 0.6 is 0 Å². The molecule has 2 fully saturated rings. The van der Waals surface area contributed by atoms with Gasteiger partial charge in [0, 0.05) is 43.5 Å². The molecule has 126 valence electrons. The summed E-state index contributed by atoms with van der Waals surface area (Å²) in [5, 5.41) is 4.04. The van der Waals surface area contributed by atoms with Crippen molar-refractivity contribution in [2.75, 3.05) is 26.3 Å². The van der Waals surface area contributed by atoms with E-state index in [0.29, 0.717) is 31.1 Å². The summed E-state index contributed by atoms with van der Waals surface area (Å²) in [4.78, 5) is 18.6. The number of carbonyl (C=O) groups excluding carboxylic acids is 1. The zero-order valence-corrected chi connectivity index (χ0v) is 13.6. The van der Waals surface area contributed by atoms with Gasteiger partial charge in [-0.05, 0) is 25.0 Å². The van der Waals surface area contributed by atoms with Crippen molar-refractivity contribution in [3.05, 3.63) is 36.2 Å². The minimum Gasteiger partial charge on any atom is -0.381 e. The molecule has 3 heterocycles. The second-order valence-electron chi connectivity index (χ2n) is 6.75. The highest BCUT2D eigenvalue weighted by Crippen LogP contribution is 2.38. The molecular weight excluding hydrogens is 306 g/mol. The summed E-state index contributed by atoms with van der Waals surface area (Å²) >= 11 is 0. The minimum atomic E-state index is 0.167. The van der Waals surface area contributed by atoms with Gasteiger partial charge in [-0.2, -0.15) is 4.98 Å². The van der Waals surface area contributed by atoms with Gasteiger partial charge in [0.25, 0.3) is 5.89 Å². The number of carbonyl (C=O) groups is 1. The summed E-state index contributed by atoms with van der Waals surface area (Å²) in [7, 11) is 0. The van der Waals surface area contributed by atoms with Gasteiger partial charge in [0.2, 0.25) is 5.91 Å². The maximum Gasteiger partial charge on any atom is 0.257 e. The van der Waals surface area contributed by atoms with Gasteiger partial charge in [-0.3, -0.25) is 4.79 Å². The Morgan fingerprint density at radius 3 is 2.88 bits per heavy atom. The summed E-state index contributed by atoms with van der Waals surface area (Å²) in [6, 6.07) is 9.71. The Kier molecular flexibility index (Phi) is 4.06. The van der Waals surface area contributed by atoms with Gasteiger partial charge in [0.15, 0.2) is 5.82 Å². The molecule has 0 aliphatic carbocycles. The molecule has 1 aromatic carbocycles. The highest BCUT2D eigenvalue weighted by atomic mass is 16.5. The average molecular weight is 327 g/mol. The molecule has 2 aromatic rings. The fraction of sp³-hybridized carbons (Fsp3) is 0.500. The van der Waals surface area contributed by atoms with Crippen molar-refractivity contribution in [2.45, 2.75) is 25.7 Å². The first-order valence-corrected chi connectivity index (χ1v) is 8.48. The van der Waals surface area contributed by atoms with E-state index < -0.39 is 0 Å². The Hall–Kier alpha value is -2.21. The molecule has 6 nitrogen and oxygen atoms in total. The molecule has 24 heavy (non-hydrogen) atoms. The van der Waals surface area contributed by atoms with Crippen LogP contribution in [-0.2, 0) is 16.0 Å². The minimum absolute atomic E-state index is 0.167. The van der Waals surface area contributed by atoms with E-state index in [0.717, 1.165) is 38.2 Å². The molecule has 6 heteroatoms. The molecule has 2 aliphatic heterocycles. The molecule has 2 aliphatic rings. The Morgan fingerprint density at radius 1 is 1.21 bits per heavy atom. The van der Waals surface area contributed by atoms with Gasteiger partial charge < -0.3 is 14.2 Å². The Balaban J connectivity index is 1.39. The van der Waals surface area contributed by atoms with Gasteiger partial charge in [-0.25, -0.2) is 0 Å². The van der Waals surface area contributed by atoms with Crippen LogP contribution < -0.4 is 0 Å². The summed E-state index contributed by atoms with van der Waals surface area (Å²) in [6.45, 7) is 3.01. The van der Waals surface area contributed by atoms with Crippen LogP contribution in [0.15, 0.2) is 34.9 Å². The number of nitrogens with zero attached hydrogens (tertiary/aromatic N) is 3. The summed E-state index contributed by atoms with van der Waals surface area (Å²) in [6.07, 6.45) is 3.23. The molecule has 4 rings (SSSR count). The van der Waals surface area contributed by atoms with Crippen molar-refractivity contribution in [1.82, 2.24) is 15.0 Å². The second kappa shape index (κ2) is 6.36. The molecule has 1 spiro atoms. The third-order valence-electron chi connectivity index (χ3n) is 5.03. The van der Waals surface area contributed by atoms with Crippen molar-refractivity contribution in [3.63, 3.8) is 0 Å². The molecule has 0 saturated carbocycles. The number of benzene rings is 1. The Bertz CT molecular complexity index is 707. The molecule has 1 amide bonds. The van der Waals surface area contributed by atoms with Gasteiger partial charge in [0.05, 0.1) is 6.61 Å². The molecule has 0 unspecified atom stereocenters. The number of hydrogen-bond acceptors (Lipinski definition) is 5. The lowest BCUT2D eigenvalue weighted by Gasteiger charge is -2.39. The van der Waals surface area contributed by atoms with Crippen LogP contribution in [0, 0.1) is 5.41 Å². The van der Waals surface area contributed by atoms with Crippen molar-refractivity contribution in [1.29, 1.82) is 0 Å². The van der Waals surface area contributed by atoms with Crippen molar-refractivity contribution < 1.29 is 14.1 Å². The topological polar surface area (TPSA) is 68.5 Å². The normalized spacial score (nSPS) is 24.0. The van der Waals surface area contributed by atoms with E-state index in [4.69, 9.17) is 9.26 Å². The smallest absolute Gasteiger partial charge is 0.257 e. The van der Waals surface area contributed by atoms with Crippen LogP contribution in [-0.4, -0.2) is 47.3 Å². The molecule has 1 aromatic heterocycles. The number of ether oxygens (including phenoxy) is 1. The largest absolute Gasteiger partial charge is 0.381 e. The number of amides is 1. The summed E-state index contributed by atoms with van der Waals surface area (Å²) in [5.74, 6) is 1.39. The number of aromatic nitrogens is 2. The predicted molar refractivity (Wildman–Crippen MR) is 87.1 cm³/mol. The van der Waals surface area contributed by atoms with Crippen LogP contribution in [0.25, 0.3) is 11.5 Å². The van der Waals surface area contributed by atoms with Gasteiger partial charge in [-0.1, -0.05) is 23.4 Å². The highest BCUT2D eigenvalue weighted by molar-refractivity contribution is 5.77. The van der Waals surface area contributed by atoms with Gasteiger partial charge >= 0.3 is 0 Å². The van der Waals surface area contributed by atoms with Crippen LogP contribution in [0.1, 0.15) is 25.1 Å². The first-order valence-electron chi connectivity index (χ1n) is 8.48. The van der Waals surface area contributed by atoms with Crippen molar-refractivity contribution >= 4 is 5.91 Å². The van der Waals surface area contributed by atoms with E-state index in [1.54, 1.807) is 0 Å². The van der Waals surface area contributed by atoms with E-state index in [-0.39, 0.29) is 11.3 Å². The number of piperidine rings is 1. The van der Waals surface area contributed by atoms with Gasteiger partial charge in [-0.15, -0.1) is 0 Å². The van der Waals surface area contributed by atoms with Gasteiger partial charge in [0.1, 0.15) is 0 Å². The lowest BCUT2D eigenvalue weighted by atomic mass is 9.79. The highest BCUT2D eigenvalue weighted by Gasteiger charge is 2.41. The third kappa shape index (κ3) is 3.06. The Morgan fingerprint density at radius 2 is 2.08 bits per heavy atom. The quantitative estimate of drug-likeness (QED) is 0.862. The van der Waals surface area contributed by atoms with Crippen LogP contribution in [0.2, 0.25) is 0 Å². The third-order valence-corrected chi connectivity index (χ3v) is 5.03. The molecule has 0 bridgehead atoms. The fourth-order valence-electron chi connectivity index (χ4n) is 3.57. The number of rotatable bonds is 4. The van der Waals surface area contributed by atoms with E-state index in [1.807, 2.05) is 35.2 Å². The maximum absolute atomic E-state index is 12.2. The number of hydrogen-bond donors (Lipinski definition) is 0. The van der Waals surface area contributed by atoms with Crippen LogP contribution in [0.3, 0.4) is 0 Å². The summed E-state index contributed by atoms with van der Waals surface area (Å²) in [5.41, 5.74) is 1.08. The van der Waals surface area contributed by atoms with E-state index in [1.165, 1.54) is 0 Å². The SMILES string of the molecule is O=C1CC[C@@]2(CCOC2)CN1CCc1noc(-c2ccccc2)n1. The van der Waals surface area contributed by atoms with Crippen LogP contribution in [0.5, 0.6) is 0 Å². The zero-order valence-electron chi connectivity index (χ0n) is 13.6. The maximum atomic E-state index is 12.2. The first kappa shape index (κ1) is 15.3. The van der Waals surface area contributed by atoms with Crippen molar-refractivity contribution in [3.8, 4) is 11.5 Å². The van der Waals surface area contributed by atoms with E-state index >= 15 is 0 Å². The standard InChI is InChI=1S/C18H21N3O3/c22-16-6-8-18(9-11-23-13-18)12-21(16)10-7-15-19-17(24-20-15)14-4-2-1-3-5-14/h1-5H,6-13H2/t18-/m1/s1.